The lowest BCUT2D eigenvalue weighted by Gasteiger charge is -2.22. The van der Waals surface area contributed by atoms with E-state index in [-0.39, 0.29) is 23.9 Å². The predicted octanol–water partition coefficient (Wildman–Crippen LogP) is 1.66. The largest absolute Gasteiger partial charge is 0.461 e. The highest BCUT2D eigenvalue weighted by Crippen LogP contribution is 2.16. The number of carbonyl (C=O) groups excluding carboxylic acids is 1. The average Bonchev–Trinajstić information content (AvgIpc) is 2.30. The van der Waals surface area contributed by atoms with Gasteiger partial charge in [-0.25, -0.2) is 8.42 Å². The van der Waals surface area contributed by atoms with E-state index in [0.717, 1.165) is 11.1 Å². The molecule has 1 fully saturated rings. The number of hydrogen-bond acceptors (Lipinski definition) is 4. The van der Waals surface area contributed by atoms with Crippen molar-refractivity contribution in [2.75, 3.05) is 11.5 Å². The number of benzene rings is 1. The van der Waals surface area contributed by atoms with E-state index >= 15 is 0 Å². The zero-order chi connectivity index (χ0) is 13.9. The molecule has 0 bridgehead atoms. The average molecular weight is 282 g/mol. The third-order valence-electron chi connectivity index (χ3n) is 3.32. The number of esters is 1. The molecule has 0 unspecified atom stereocenters. The fourth-order valence-corrected chi connectivity index (χ4v) is 3.84. The molecule has 0 amide bonds. The Hall–Kier alpha value is -1.36. The summed E-state index contributed by atoms with van der Waals surface area (Å²) in [6.07, 6.45) is 0.933. The Balaban J connectivity index is 1.93. The van der Waals surface area contributed by atoms with Crippen molar-refractivity contribution in [1.82, 2.24) is 0 Å². The first-order valence-corrected chi connectivity index (χ1v) is 8.23. The van der Waals surface area contributed by atoms with Crippen molar-refractivity contribution in [1.29, 1.82) is 0 Å². The summed E-state index contributed by atoms with van der Waals surface area (Å²) in [6, 6.07) is 7.61. The monoisotopic (exact) mass is 282 g/mol. The highest BCUT2D eigenvalue weighted by atomic mass is 32.2. The van der Waals surface area contributed by atoms with E-state index in [1.807, 2.05) is 31.2 Å². The lowest BCUT2D eigenvalue weighted by Crippen LogP contribution is -2.33. The molecule has 0 N–H and O–H groups in total. The summed E-state index contributed by atoms with van der Waals surface area (Å²) in [6.45, 7) is 1.94. The van der Waals surface area contributed by atoms with Gasteiger partial charge in [-0.05, 0) is 30.9 Å². The minimum atomic E-state index is -3.04. The maximum Gasteiger partial charge on any atom is 0.310 e. The number of rotatable bonds is 3. The van der Waals surface area contributed by atoms with Crippen molar-refractivity contribution >= 4 is 15.8 Å². The highest BCUT2D eigenvalue weighted by Gasteiger charge is 2.27. The van der Waals surface area contributed by atoms with Gasteiger partial charge in [0.05, 0.1) is 17.9 Å². The van der Waals surface area contributed by atoms with Crippen LogP contribution < -0.4 is 0 Å². The molecule has 19 heavy (non-hydrogen) atoms. The van der Waals surface area contributed by atoms with Gasteiger partial charge in [-0.2, -0.15) is 0 Å². The predicted molar refractivity (Wildman–Crippen MR) is 72.7 cm³/mol. The Morgan fingerprint density at radius 1 is 1.37 bits per heavy atom. The fraction of sp³-hybridized carbons (Fsp3) is 0.500. The Morgan fingerprint density at radius 3 is 2.79 bits per heavy atom. The van der Waals surface area contributed by atoms with E-state index in [1.54, 1.807) is 0 Å². The van der Waals surface area contributed by atoms with Crippen LogP contribution in [0.1, 0.15) is 24.0 Å². The minimum absolute atomic E-state index is 0.0352. The van der Waals surface area contributed by atoms with Gasteiger partial charge in [-0.3, -0.25) is 4.79 Å². The molecule has 4 nitrogen and oxygen atoms in total. The summed E-state index contributed by atoms with van der Waals surface area (Å²) >= 11 is 0. The molecule has 1 aromatic carbocycles. The second-order valence-corrected chi connectivity index (χ2v) is 7.20. The smallest absolute Gasteiger partial charge is 0.310 e. The van der Waals surface area contributed by atoms with E-state index in [2.05, 4.69) is 0 Å². The summed E-state index contributed by atoms with van der Waals surface area (Å²) < 4.78 is 28.2. The van der Waals surface area contributed by atoms with Crippen LogP contribution in [-0.4, -0.2) is 32.0 Å². The molecule has 1 aliphatic rings. The zero-order valence-electron chi connectivity index (χ0n) is 11.0. The topological polar surface area (TPSA) is 60.4 Å². The first-order chi connectivity index (χ1) is 8.96. The van der Waals surface area contributed by atoms with Crippen LogP contribution in [0.5, 0.6) is 0 Å². The van der Waals surface area contributed by atoms with Crippen LogP contribution in [0, 0.1) is 6.92 Å². The molecule has 0 radical (unpaired) electrons. The molecule has 1 saturated heterocycles. The van der Waals surface area contributed by atoms with E-state index in [9.17, 15) is 13.2 Å². The number of ether oxygens (including phenoxy) is 1. The van der Waals surface area contributed by atoms with Crippen molar-refractivity contribution in [2.24, 2.45) is 0 Å². The Bertz CT molecular complexity index is 563. The molecule has 1 aliphatic heterocycles. The molecule has 104 valence electrons. The standard InChI is InChI=1S/C14H18O4S/c1-11-5-2-3-6-12(11)9-14(15)18-13-7-4-8-19(16,17)10-13/h2-3,5-6,13H,4,7-10H2,1H3/t13-/m0/s1. The van der Waals surface area contributed by atoms with Crippen LogP contribution in [0.3, 0.4) is 0 Å². The Labute approximate surface area is 113 Å². The summed E-state index contributed by atoms with van der Waals surface area (Å²) in [5.74, 6) is -0.179. The molecule has 2 rings (SSSR count). The highest BCUT2D eigenvalue weighted by molar-refractivity contribution is 7.91. The SMILES string of the molecule is Cc1ccccc1CC(=O)O[C@H]1CCCS(=O)(=O)C1. The lowest BCUT2D eigenvalue weighted by atomic mass is 10.1. The molecule has 5 heteroatoms. The molecule has 1 heterocycles. The molecule has 0 spiro atoms. The molecular weight excluding hydrogens is 264 g/mol. The van der Waals surface area contributed by atoms with Gasteiger partial charge < -0.3 is 4.74 Å². The zero-order valence-corrected chi connectivity index (χ0v) is 11.8. The van der Waals surface area contributed by atoms with Crippen molar-refractivity contribution in [2.45, 2.75) is 32.3 Å². The first-order valence-electron chi connectivity index (χ1n) is 6.41. The maximum atomic E-state index is 11.8. The van der Waals surface area contributed by atoms with Crippen LogP contribution in [0.25, 0.3) is 0 Å². The Kier molecular flexibility index (Phi) is 4.24. The van der Waals surface area contributed by atoms with Crippen LogP contribution in [-0.2, 0) is 25.8 Å². The fourth-order valence-electron chi connectivity index (χ4n) is 2.27. The number of carbonyl (C=O) groups is 1. The first kappa shape index (κ1) is 14.1. The van der Waals surface area contributed by atoms with E-state index in [4.69, 9.17) is 4.74 Å². The molecule has 0 saturated carbocycles. The van der Waals surface area contributed by atoms with Gasteiger partial charge in [-0.15, -0.1) is 0 Å². The van der Waals surface area contributed by atoms with Crippen LogP contribution >= 0.6 is 0 Å². The third-order valence-corrected chi connectivity index (χ3v) is 5.11. The van der Waals surface area contributed by atoms with Crippen LogP contribution in [0.2, 0.25) is 0 Å². The summed E-state index contributed by atoms with van der Waals surface area (Å²) in [4.78, 5) is 11.8. The lowest BCUT2D eigenvalue weighted by molar-refractivity contribution is -0.147. The van der Waals surface area contributed by atoms with Gasteiger partial charge in [0.25, 0.3) is 0 Å². The summed E-state index contributed by atoms with van der Waals surface area (Å²) in [5, 5.41) is 0. The van der Waals surface area contributed by atoms with Crippen molar-refractivity contribution in [3.63, 3.8) is 0 Å². The van der Waals surface area contributed by atoms with Gasteiger partial charge in [-0.1, -0.05) is 24.3 Å². The second-order valence-electron chi connectivity index (χ2n) is 4.97. The second kappa shape index (κ2) is 5.74. The number of aryl methyl sites for hydroxylation is 1. The van der Waals surface area contributed by atoms with Crippen molar-refractivity contribution in [3.05, 3.63) is 35.4 Å². The maximum absolute atomic E-state index is 11.8. The van der Waals surface area contributed by atoms with E-state index in [0.29, 0.717) is 12.8 Å². The molecule has 1 aromatic rings. The van der Waals surface area contributed by atoms with Crippen molar-refractivity contribution in [3.8, 4) is 0 Å². The van der Waals surface area contributed by atoms with Gasteiger partial charge >= 0.3 is 5.97 Å². The van der Waals surface area contributed by atoms with Gasteiger partial charge in [0, 0.05) is 0 Å². The quantitative estimate of drug-likeness (QED) is 0.791. The van der Waals surface area contributed by atoms with Gasteiger partial charge in [0.15, 0.2) is 9.84 Å². The van der Waals surface area contributed by atoms with E-state index in [1.165, 1.54) is 0 Å². The normalized spacial score (nSPS) is 21.8. The summed E-state index contributed by atoms with van der Waals surface area (Å²) in [7, 11) is -3.04. The summed E-state index contributed by atoms with van der Waals surface area (Å²) in [5.41, 5.74) is 1.96. The number of sulfone groups is 1. The van der Waals surface area contributed by atoms with Crippen LogP contribution in [0.4, 0.5) is 0 Å². The van der Waals surface area contributed by atoms with E-state index < -0.39 is 15.9 Å². The van der Waals surface area contributed by atoms with Crippen LogP contribution in [0.15, 0.2) is 24.3 Å². The number of hydrogen-bond donors (Lipinski definition) is 0. The van der Waals surface area contributed by atoms with Gasteiger partial charge in [0.2, 0.25) is 0 Å². The van der Waals surface area contributed by atoms with Crippen molar-refractivity contribution < 1.29 is 17.9 Å². The minimum Gasteiger partial charge on any atom is -0.461 e. The van der Waals surface area contributed by atoms with Gasteiger partial charge in [0.1, 0.15) is 6.10 Å². The molecular formula is C14H18O4S. The third kappa shape index (κ3) is 4.06. The Morgan fingerprint density at radius 2 is 2.11 bits per heavy atom. The molecule has 0 aliphatic carbocycles. The molecule has 1 atom stereocenters. The molecule has 0 aromatic heterocycles.